The molecule has 1 aromatic carbocycles. The molecule has 76 valence electrons. The Bertz CT molecular complexity index is 370. The summed E-state index contributed by atoms with van der Waals surface area (Å²) in [6.45, 7) is 0. The monoisotopic (exact) mass is 279 g/mol. The van der Waals surface area contributed by atoms with Crippen LogP contribution in [-0.2, 0) is 5.88 Å². The Balaban J connectivity index is 3.30. The fraction of sp³-hybridized carbons (Fsp3) is 0.250. The SMILES string of the molecule is COc1cc([N+](=O)[O-])c(Br)cc1CCl. The van der Waals surface area contributed by atoms with E-state index in [-0.39, 0.29) is 11.6 Å². The average Bonchev–Trinajstić information content (AvgIpc) is 2.16. The molecule has 6 heteroatoms. The van der Waals surface area contributed by atoms with Gasteiger partial charge in [0.1, 0.15) is 5.75 Å². The predicted octanol–water partition coefficient (Wildman–Crippen LogP) is 3.10. The smallest absolute Gasteiger partial charge is 0.287 e. The lowest BCUT2D eigenvalue weighted by atomic mass is 10.2. The molecule has 4 nitrogen and oxygen atoms in total. The van der Waals surface area contributed by atoms with Crippen molar-refractivity contribution in [1.82, 2.24) is 0 Å². The summed E-state index contributed by atoms with van der Waals surface area (Å²) in [4.78, 5) is 10.1. The van der Waals surface area contributed by atoms with Crippen molar-refractivity contribution in [1.29, 1.82) is 0 Å². The van der Waals surface area contributed by atoms with Crippen molar-refractivity contribution in [2.75, 3.05) is 7.11 Å². The first-order chi connectivity index (χ1) is 6.60. The number of hydrogen-bond donors (Lipinski definition) is 0. The second-order valence-corrected chi connectivity index (χ2v) is 3.63. The van der Waals surface area contributed by atoms with Gasteiger partial charge in [-0.15, -0.1) is 11.6 Å². The minimum atomic E-state index is -0.482. The largest absolute Gasteiger partial charge is 0.496 e. The molecule has 0 aromatic heterocycles. The summed E-state index contributed by atoms with van der Waals surface area (Å²) in [7, 11) is 1.45. The van der Waals surface area contributed by atoms with Gasteiger partial charge >= 0.3 is 0 Å². The van der Waals surface area contributed by atoms with Crippen molar-refractivity contribution in [2.45, 2.75) is 5.88 Å². The number of halogens is 2. The molecule has 0 amide bonds. The molecular weight excluding hydrogens is 273 g/mol. The number of methoxy groups -OCH3 is 1. The van der Waals surface area contributed by atoms with Crippen molar-refractivity contribution in [3.8, 4) is 5.75 Å². The van der Waals surface area contributed by atoms with Gasteiger partial charge in [0.2, 0.25) is 0 Å². The van der Waals surface area contributed by atoms with E-state index in [1.165, 1.54) is 13.2 Å². The highest BCUT2D eigenvalue weighted by atomic mass is 79.9. The number of rotatable bonds is 3. The number of hydrogen-bond acceptors (Lipinski definition) is 3. The van der Waals surface area contributed by atoms with Crippen LogP contribution in [0.3, 0.4) is 0 Å². The summed E-state index contributed by atoms with van der Waals surface area (Å²) in [5.74, 6) is 0.676. The predicted molar refractivity (Wildman–Crippen MR) is 56.9 cm³/mol. The van der Waals surface area contributed by atoms with E-state index in [0.717, 1.165) is 0 Å². The minimum Gasteiger partial charge on any atom is -0.496 e. The van der Waals surface area contributed by atoms with Crippen LogP contribution < -0.4 is 4.74 Å². The van der Waals surface area contributed by atoms with E-state index in [1.54, 1.807) is 6.07 Å². The van der Waals surface area contributed by atoms with Gasteiger partial charge in [-0.05, 0) is 22.0 Å². The third kappa shape index (κ3) is 2.16. The van der Waals surface area contributed by atoms with Crippen LogP contribution in [0.15, 0.2) is 16.6 Å². The summed E-state index contributed by atoms with van der Waals surface area (Å²) in [5, 5.41) is 10.6. The number of nitrogens with zero attached hydrogens (tertiary/aromatic N) is 1. The molecule has 0 atom stereocenters. The van der Waals surface area contributed by atoms with Crippen LogP contribution in [0.1, 0.15) is 5.56 Å². The first-order valence-electron chi connectivity index (χ1n) is 3.67. The Morgan fingerprint density at radius 3 is 2.71 bits per heavy atom. The molecule has 0 spiro atoms. The highest BCUT2D eigenvalue weighted by Crippen LogP contribution is 2.33. The second kappa shape index (κ2) is 4.61. The van der Waals surface area contributed by atoms with Crippen molar-refractivity contribution < 1.29 is 9.66 Å². The molecule has 0 aliphatic heterocycles. The molecule has 0 aliphatic carbocycles. The first kappa shape index (κ1) is 11.3. The second-order valence-electron chi connectivity index (χ2n) is 2.51. The third-order valence-electron chi connectivity index (χ3n) is 1.69. The molecule has 1 aromatic rings. The first-order valence-corrected chi connectivity index (χ1v) is 4.99. The summed E-state index contributed by atoms with van der Waals surface area (Å²) in [6, 6.07) is 2.94. The lowest BCUT2D eigenvalue weighted by molar-refractivity contribution is -0.385. The Kier molecular flexibility index (Phi) is 3.71. The van der Waals surface area contributed by atoms with Gasteiger partial charge in [-0.25, -0.2) is 0 Å². The van der Waals surface area contributed by atoms with E-state index in [1.807, 2.05) is 0 Å². The van der Waals surface area contributed by atoms with Gasteiger partial charge in [0.15, 0.2) is 0 Å². The van der Waals surface area contributed by atoms with Gasteiger partial charge in [-0.3, -0.25) is 10.1 Å². The standard InChI is InChI=1S/C8H7BrClNO3/c1-14-8-3-7(11(12)13)6(9)2-5(8)4-10/h2-3H,4H2,1H3. The molecule has 14 heavy (non-hydrogen) atoms. The molecule has 0 unspecified atom stereocenters. The topological polar surface area (TPSA) is 52.4 Å². The van der Waals surface area contributed by atoms with Crippen LogP contribution in [0.2, 0.25) is 0 Å². The summed E-state index contributed by atoms with van der Waals surface area (Å²) >= 11 is 8.74. The third-order valence-corrected chi connectivity index (χ3v) is 2.61. The molecule has 0 bridgehead atoms. The maximum Gasteiger partial charge on any atom is 0.287 e. The van der Waals surface area contributed by atoms with Crippen molar-refractivity contribution in [2.24, 2.45) is 0 Å². The molecule has 0 radical (unpaired) electrons. The van der Waals surface area contributed by atoms with E-state index >= 15 is 0 Å². The van der Waals surface area contributed by atoms with Crippen LogP contribution in [-0.4, -0.2) is 12.0 Å². The summed E-state index contributed by atoms with van der Waals surface area (Å²) < 4.78 is 5.37. The Labute approximate surface area is 94.1 Å². The lowest BCUT2D eigenvalue weighted by Gasteiger charge is -2.06. The van der Waals surface area contributed by atoms with E-state index in [4.69, 9.17) is 16.3 Å². The number of alkyl halides is 1. The molecule has 0 saturated heterocycles. The maximum absolute atomic E-state index is 10.6. The van der Waals surface area contributed by atoms with E-state index in [2.05, 4.69) is 15.9 Å². The minimum absolute atomic E-state index is 0.0317. The van der Waals surface area contributed by atoms with Gasteiger partial charge in [0.05, 0.1) is 28.5 Å². The number of ether oxygens (including phenoxy) is 1. The van der Waals surface area contributed by atoms with E-state index < -0.39 is 4.92 Å². The fourth-order valence-corrected chi connectivity index (χ4v) is 1.76. The number of nitro groups is 1. The Morgan fingerprint density at radius 1 is 1.64 bits per heavy atom. The van der Waals surface area contributed by atoms with Gasteiger partial charge in [0.25, 0.3) is 5.69 Å². The Morgan fingerprint density at radius 2 is 2.29 bits per heavy atom. The average molecular weight is 281 g/mol. The van der Waals surface area contributed by atoms with Crippen LogP contribution in [0.25, 0.3) is 0 Å². The van der Waals surface area contributed by atoms with Crippen LogP contribution in [0.5, 0.6) is 5.75 Å². The normalized spacial score (nSPS) is 9.93. The van der Waals surface area contributed by atoms with Crippen molar-refractivity contribution in [3.63, 3.8) is 0 Å². The molecule has 0 saturated carbocycles. The van der Waals surface area contributed by atoms with Gasteiger partial charge in [0, 0.05) is 5.56 Å². The highest BCUT2D eigenvalue weighted by molar-refractivity contribution is 9.10. The van der Waals surface area contributed by atoms with E-state index in [0.29, 0.717) is 15.8 Å². The molecule has 0 heterocycles. The van der Waals surface area contributed by atoms with E-state index in [9.17, 15) is 10.1 Å². The zero-order valence-electron chi connectivity index (χ0n) is 7.29. The van der Waals surface area contributed by atoms with Crippen LogP contribution in [0.4, 0.5) is 5.69 Å². The van der Waals surface area contributed by atoms with Crippen LogP contribution >= 0.6 is 27.5 Å². The van der Waals surface area contributed by atoms with Crippen LogP contribution in [0, 0.1) is 10.1 Å². The molecule has 1 rings (SSSR count). The molecule has 0 N–H and O–H groups in total. The zero-order valence-corrected chi connectivity index (χ0v) is 9.63. The van der Waals surface area contributed by atoms with Gasteiger partial charge in [-0.2, -0.15) is 0 Å². The summed E-state index contributed by atoms with van der Waals surface area (Å²) in [6.07, 6.45) is 0. The molecule has 0 fully saturated rings. The summed E-state index contributed by atoms with van der Waals surface area (Å²) in [5.41, 5.74) is 0.683. The quantitative estimate of drug-likeness (QED) is 0.485. The molecular formula is C8H7BrClNO3. The lowest BCUT2D eigenvalue weighted by Crippen LogP contribution is -1.95. The highest BCUT2D eigenvalue weighted by Gasteiger charge is 2.16. The van der Waals surface area contributed by atoms with Crippen molar-refractivity contribution >= 4 is 33.2 Å². The molecule has 0 aliphatic rings. The van der Waals surface area contributed by atoms with Crippen molar-refractivity contribution in [3.05, 3.63) is 32.3 Å². The van der Waals surface area contributed by atoms with Gasteiger partial charge < -0.3 is 4.74 Å². The fourth-order valence-electron chi connectivity index (χ4n) is 1.02. The maximum atomic E-state index is 10.6. The van der Waals surface area contributed by atoms with Gasteiger partial charge in [-0.1, -0.05) is 0 Å². The number of benzene rings is 1. The zero-order chi connectivity index (χ0) is 10.7. The number of nitro benzene ring substituents is 1. The Hall–Kier alpha value is -0.810.